The minimum absolute atomic E-state index is 0.0630. The number of aliphatic hydroxyl groups is 2. The first-order valence-corrected chi connectivity index (χ1v) is 9.66. The lowest BCUT2D eigenvalue weighted by atomic mass is 9.96. The number of hydrogen-bond donors (Lipinski definition) is 3. The summed E-state index contributed by atoms with van der Waals surface area (Å²) in [5, 5.41) is 21.4. The van der Waals surface area contributed by atoms with E-state index in [0.717, 1.165) is 6.08 Å². The molecule has 0 fully saturated rings. The minimum Gasteiger partial charge on any atom is -0.406 e. The number of aryl methyl sites for hydroxylation is 1. The van der Waals surface area contributed by atoms with Gasteiger partial charge in [0.05, 0.1) is 29.5 Å². The van der Waals surface area contributed by atoms with Crippen LogP contribution in [-0.2, 0) is 18.4 Å². The van der Waals surface area contributed by atoms with Crippen molar-refractivity contribution in [3.05, 3.63) is 60.4 Å². The largest absolute Gasteiger partial charge is 0.573 e. The number of carbonyl (C=O) groups excluding carboxylic acids is 1. The zero-order valence-electron chi connectivity index (χ0n) is 17.5. The highest BCUT2D eigenvalue weighted by molar-refractivity contribution is 5.97. The molecule has 172 valence electrons. The molecule has 0 bridgehead atoms. The minimum atomic E-state index is -4.80. The molecule has 0 radical (unpaired) electrons. The molecule has 3 N–H and O–H groups in total. The summed E-state index contributed by atoms with van der Waals surface area (Å²) in [6, 6.07) is 7.05. The van der Waals surface area contributed by atoms with Crippen LogP contribution >= 0.6 is 0 Å². The third-order valence-electron chi connectivity index (χ3n) is 4.64. The molecular weight excluding hydrogens is 439 g/mol. The van der Waals surface area contributed by atoms with Gasteiger partial charge in [0.25, 0.3) is 0 Å². The Balaban J connectivity index is 2.17. The zero-order valence-corrected chi connectivity index (χ0v) is 17.5. The van der Waals surface area contributed by atoms with Crippen molar-refractivity contribution in [1.29, 1.82) is 0 Å². The average molecular weight is 459 g/mol. The molecule has 0 aliphatic carbocycles. The van der Waals surface area contributed by atoms with Crippen molar-refractivity contribution in [2.45, 2.75) is 19.0 Å². The van der Waals surface area contributed by atoms with Crippen LogP contribution in [0.15, 0.2) is 49.3 Å². The number of amides is 1. The van der Waals surface area contributed by atoms with Crippen LogP contribution in [0.25, 0.3) is 22.2 Å². The number of imidazole rings is 1. The van der Waals surface area contributed by atoms with Crippen LogP contribution in [0.2, 0.25) is 0 Å². The van der Waals surface area contributed by atoms with E-state index in [0.29, 0.717) is 33.3 Å². The van der Waals surface area contributed by atoms with Gasteiger partial charge in [0.15, 0.2) is 0 Å². The van der Waals surface area contributed by atoms with Crippen LogP contribution < -0.4 is 10.1 Å². The Morgan fingerprint density at radius 2 is 2.06 bits per heavy atom. The van der Waals surface area contributed by atoms with E-state index in [-0.39, 0.29) is 12.3 Å². The monoisotopic (exact) mass is 459 g/mol. The van der Waals surface area contributed by atoms with Crippen LogP contribution in [0, 0.1) is 11.8 Å². The Bertz CT molecular complexity index is 1240. The Labute approximate surface area is 187 Å². The highest BCUT2D eigenvalue weighted by Crippen LogP contribution is 2.34. The molecular formula is C23H20F3N3O4. The predicted octanol–water partition coefficient (Wildman–Crippen LogP) is 2.65. The number of nitrogens with zero attached hydrogens (tertiary/aromatic N) is 2. The molecule has 1 atom stereocenters. The van der Waals surface area contributed by atoms with Gasteiger partial charge in [-0.05, 0) is 35.4 Å². The van der Waals surface area contributed by atoms with Crippen LogP contribution in [-0.4, -0.2) is 44.7 Å². The first-order chi connectivity index (χ1) is 15.6. The lowest BCUT2D eigenvalue weighted by Gasteiger charge is -2.14. The molecule has 0 aliphatic heterocycles. The summed E-state index contributed by atoms with van der Waals surface area (Å²) in [4.78, 5) is 16.1. The molecule has 33 heavy (non-hydrogen) atoms. The van der Waals surface area contributed by atoms with Crippen molar-refractivity contribution in [2.75, 3.05) is 6.61 Å². The number of aromatic nitrogens is 2. The number of nitrogens with one attached hydrogen (secondary N) is 1. The lowest BCUT2D eigenvalue weighted by Crippen LogP contribution is -2.21. The fourth-order valence-corrected chi connectivity index (χ4v) is 3.18. The van der Waals surface area contributed by atoms with Crippen LogP contribution in [0.5, 0.6) is 5.75 Å². The molecule has 3 rings (SSSR count). The van der Waals surface area contributed by atoms with Gasteiger partial charge in [-0.15, -0.1) is 13.2 Å². The van der Waals surface area contributed by atoms with E-state index in [4.69, 9.17) is 5.11 Å². The first-order valence-electron chi connectivity index (χ1n) is 9.66. The maximum absolute atomic E-state index is 12.5. The highest BCUT2D eigenvalue weighted by atomic mass is 19.4. The second-order valence-electron chi connectivity index (χ2n) is 6.97. The number of ether oxygens (including phenoxy) is 1. The summed E-state index contributed by atoms with van der Waals surface area (Å²) in [7, 11) is 1.74. The van der Waals surface area contributed by atoms with Crippen LogP contribution in [0.4, 0.5) is 13.2 Å². The van der Waals surface area contributed by atoms with Crippen LogP contribution in [0.1, 0.15) is 11.1 Å². The molecule has 1 aromatic heterocycles. The second kappa shape index (κ2) is 9.77. The van der Waals surface area contributed by atoms with E-state index in [1.165, 1.54) is 24.3 Å². The van der Waals surface area contributed by atoms with Crippen molar-refractivity contribution in [1.82, 2.24) is 14.9 Å². The fraction of sp³-hybridized carbons (Fsp3) is 0.217. The Kier molecular flexibility index (Phi) is 7.06. The van der Waals surface area contributed by atoms with Gasteiger partial charge in [-0.3, -0.25) is 4.79 Å². The lowest BCUT2D eigenvalue weighted by molar-refractivity contribution is -0.274. The number of carbonyl (C=O) groups is 1. The first kappa shape index (κ1) is 23.8. The summed E-state index contributed by atoms with van der Waals surface area (Å²) >= 11 is 0. The van der Waals surface area contributed by atoms with E-state index < -0.39 is 25.0 Å². The number of hydrogen-bond acceptors (Lipinski definition) is 5. The van der Waals surface area contributed by atoms with Crippen molar-refractivity contribution < 1.29 is 32.9 Å². The predicted molar refractivity (Wildman–Crippen MR) is 115 cm³/mol. The third-order valence-corrected chi connectivity index (χ3v) is 4.64. The topological polar surface area (TPSA) is 96.6 Å². The van der Waals surface area contributed by atoms with Gasteiger partial charge in [-0.25, -0.2) is 4.98 Å². The number of aliphatic hydroxyl groups excluding tert-OH is 2. The molecule has 3 aromatic rings. The normalized spacial score (nSPS) is 12.1. The maximum atomic E-state index is 12.5. The Morgan fingerprint density at radius 1 is 1.36 bits per heavy atom. The van der Waals surface area contributed by atoms with E-state index >= 15 is 0 Å². The van der Waals surface area contributed by atoms with E-state index in [9.17, 15) is 23.1 Å². The zero-order chi connectivity index (χ0) is 24.2. The highest BCUT2D eigenvalue weighted by Gasteiger charge is 2.31. The molecule has 0 spiro atoms. The average Bonchev–Trinajstić information content (AvgIpc) is 3.16. The van der Waals surface area contributed by atoms with Gasteiger partial charge in [0.2, 0.25) is 5.91 Å². The maximum Gasteiger partial charge on any atom is 0.573 e. The standard InChI is InChI=1S/C23H20F3N3O4/c1-3-20(32)27-11-15-10-19(14-4-7-17(8-5-14)33-23(24,25)26)21-22(29(2)13-28-21)18(15)9-6-16(31)12-30/h3-5,7-8,10,13,16,30-31H,1,11-12H2,2H3,(H,27,32)/t16-/m0/s1. The summed E-state index contributed by atoms with van der Waals surface area (Å²) in [6.07, 6.45) is -3.39. The van der Waals surface area contributed by atoms with Crippen molar-refractivity contribution in [3.63, 3.8) is 0 Å². The van der Waals surface area contributed by atoms with Crippen molar-refractivity contribution >= 4 is 16.9 Å². The quantitative estimate of drug-likeness (QED) is 0.389. The molecule has 7 nitrogen and oxygen atoms in total. The van der Waals surface area contributed by atoms with Gasteiger partial charge < -0.3 is 24.8 Å². The molecule has 0 saturated heterocycles. The summed E-state index contributed by atoms with van der Waals surface area (Å²) in [5.74, 6) is 4.62. The molecule has 1 heterocycles. The molecule has 0 unspecified atom stereocenters. The number of rotatable bonds is 6. The van der Waals surface area contributed by atoms with Crippen molar-refractivity contribution in [2.24, 2.45) is 7.05 Å². The van der Waals surface area contributed by atoms with Crippen molar-refractivity contribution in [3.8, 4) is 28.7 Å². The number of alkyl halides is 3. The number of halogens is 3. The summed E-state index contributed by atoms with van der Waals surface area (Å²) < 4.78 is 43.1. The van der Waals surface area contributed by atoms with Gasteiger partial charge in [-0.2, -0.15) is 0 Å². The third kappa shape index (κ3) is 5.71. The van der Waals surface area contributed by atoms with Gasteiger partial charge in [-0.1, -0.05) is 30.6 Å². The molecule has 10 heteroatoms. The second-order valence-corrected chi connectivity index (χ2v) is 6.97. The van der Waals surface area contributed by atoms with Gasteiger partial charge >= 0.3 is 6.36 Å². The summed E-state index contributed by atoms with van der Waals surface area (Å²) in [6.45, 7) is 2.93. The molecule has 0 saturated carbocycles. The Hall–Kier alpha value is -3.81. The summed E-state index contributed by atoms with van der Waals surface area (Å²) in [5.41, 5.74) is 3.32. The Morgan fingerprint density at radius 3 is 2.67 bits per heavy atom. The molecule has 0 aliphatic rings. The molecule has 2 aromatic carbocycles. The smallest absolute Gasteiger partial charge is 0.406 e. The van der Waals surface area contributed by atoms with E-state index in [1.54, 1.807) is 24.0 Å². The van der Waals surface area contributed by atoms with Gasteiger partial charge in [0.1, 0.15) is 11.9 Å². The van der Waals surface area contributed by atoms with E-state index in [2.05, 4.69) is 33.5 Å². The van der Waals surface area contributed by atoms with E-state index in [1.807, 2.05) is 0 Å². The van der Waals surface area contributed by atoms with Gasteiger partial charge in [0, 0.05) is 19.2 Å². The number of benzene rings is 2. The van der Waals surface area contributed by atoms with Crippen LogP contribution in [0.3, 0.4) is 0 Å². The number of fused-ring (bicyclic) bond motifs is 1. The fourth-order valence-electron chi connectivity index (χ4n) is 3.18. The molecule has 1 amide bonds. The SMILES string of the molecule is C=CC(=O)NCc1cc(-c2ccc(OC(F)(F)F)cc2)c2ncn(C)c2c1C#C[C@H](O)CO.